The Labute approximate surface area is 130 Å². The third kappa shape index (κ3) is 2.81. The van der Waals surface area contributed by atoms with Gasteiger partial charge in [-0.2, -0.15) is 5.10 Å². The molecule has 21 heavy (non-hydrogen) atoms. The Hall–Kier alpha value is -1.07. The zero-order chi connectivity index (χ0) is 15.0. The summed E-state index contributed by atoms with van der Waals surface area (Å²) in [6, 6.07) is 0.0695. The van der Waals surface area contributed by atoms with Gasteiger partial charge in [0.05, 0.1) is 24.3 Å². The van der Waals surface area contributed by atoms with Gasteiger partial charge in [-0.15, -0.1) is 0 Å². The van der Waals surface area contributed by atoms with Crippen LogP contribution in [-0.4, -0.2) is 39.8 Å². The average molecular weight is 312 g/mol. The van der Waals surface area contributed by atoms with E-state index in [0.29, 0.717) is 11.6 Å². The number of likely N-dealkylation sites (tertiary alicyclic amines) is 1. The van der Waals surface area contributed by atoms with Crippen molar-refractivity contribution in [3.63, 3.8) is 0 Å². The van der Waals surface area contributed by atoms with Crippen LogP contribution < -0.4 is 0 Å². The van der Waals surface area contributed by atoms with Crippen LogP contribution >= 0.6 is 11.6 Å². The van der Waals surface area contributed by atoms with Crippen LogP contribution in [0.4, 0.5) is 0 Å². The molecule has 0 aromatic carbocycles. The van der Waals surface area contributed by atoms with Crippen molar-refractivity contribution in [2.75, 3.05) is 13.2 Å². The molecule has 0 aliphatic carbocycles. The quantitative estimate of drug-likeness (QED) is 0.862. The van der Waals surface area contributed by atoms with E-state index in [4.69, 9.17) is 16.3 Å². The van der Waals surface area contributed by atoms with Crippen LogP contribution in [0.1, 0.15) is 49.4 Å². The van der Waals surface area contributed by atoms with E-state index in [1.165, 1.54) is 0 Å². The first-order valence-electron chi connectivity index (χ1n) is 7.68. The van der Waals surface area contributed by atoms with Gasteiger partial charge in [-0.3, -0.25) is 9.48 Å². The van der Waals surface area contributed by atoms with E-state index < -0.39 is 0 Å². The van der Waals surface area contributed by atoms with Gasteiger partial charge in [0.25, 0.3) is 0 Å². The fourth-order valence-corrected chi connectivity index (χ4v) is 3.81. The number of carbonyl (C=O) groups excluding carboxylic acids is 1. The van der Waals surface area contributed by atoms with Gasteiger partial charge < -0.3 is 9.64 Å². The van der Waals surface area contributed by atoms with Crippen molar-refractivity contribution in [2.45, 2.75) is 51.2 Å². The molecule has 3 heterocycles. The van der Waals surface area contributed by atoms with Crippen molar-refractivity contribution >= 4 is 17.5 Å². The normalized spacial score (nSPS) is 25.8. The van der Waals surface area contributed by atoms with E-state index in [1.807, 2.05) is 18.9 Å². The summed E-state index contributed by atoms with van der Waals surface area (Å²) in [6.45, 7) is 3.55. The number of nitrogens with zero attached hydrogens (tertiary/aromatic N) is 3. The summed E-state index contributed by atoms with van der Waals surface area (Å²) in [5.74, 6) is 0.184. The minimum atomic E-state index is 0.0695. The number of aryl methyl sites for hydroxylation is 2. The minimum Gasteiger partial charge on any atom is -0.378 e. The summed E-state index contributed by atoms with van der Waals surface area (Å²) in [7, 11) is 1.84. The highest BCUT2D eigenvalue weighted by atomic mass is 35.5. The lowest BCUT2D eigenvalue weighted by Crippen LogP contribution is -2.33. The van der Waals surface area contributed by atoms with Crippen molar-refractivity contribution in [3.8, 4) is 0 Å². The highest BCUT2D eigenvalue weighted by Gasteiger charge is 2.35. The number of amides is 1. The predicted molar refractivity (Wildman–Crippen MR) is 80.2 cm³/mol. The molecule has 1 aromatic heterocycles. The Balaban J connectivity index is 1.77. The summed E-state index contributed by atoms with van der Waals surface area (Å²) < 4.78 is 7.27. The Bertz CT molecular complexity index is 537. The molecule has 1 aromatic rings. The first-order valence-corrected chi connectivity index (χ1v) is 8.05. The SMILES string of the molecule is Cc1nn(C)c(Cl)c1[C@H]1CCCN1C(=O)C[C@@H]1CCCO1. The number of halogens is 1. The molecular weight excluding hydrogens is 290 g/mol. The van der Waals surface area contributed by atoms with Gasteiger partial charge in [0.1, 0.15) is 5.15 Å². The molecule has 2 aliphatic heterocycles. The van der Waals surface area contributed by atoms with E-state index in [1.54, 1.807) is 4.68 Å². The second-order valence-electron chi connectivity index (χ2n) is 6.00. The molecule has 3 rings (SSSR count). The smallest absolute Gasteiger partial charge is 0.225 e. The Morgan fingerprint density at radius 3 is 2.86 bits per heavy atom. The molecule has 0 saturated carbocycles. The van der Waals surface area contributed by atoms with Crippen molar-refractivity contribution in [2.24, 2.45) is 7.05 Å². The molecule has 0 spiro atoms. The fraction of sp³-hybridized carbons (Fsp3) is 0.733. The first kappa shape index (κ1) is 14.9. The number of hydrogen-bond acceptors (Lipinski definition) is 3. The van der Waals surface area contributed by atoms with Gasteiger partial charge in [-0.25, -0.2) is 0 Å². The van der Waals surface area contributed by atoms with Crippen molar-refractivity contribution in [1.82, 2.24) is 14.7 Å². The number of rotatable bonds is 3. The molecular formula is C15H22ClN3O2. The van der Waals surface area contributed by atoms with Crippen molar-refractivity contribution in [1.29, 1.82) is 0 Å². The number of carbonyl (C=O) groups is 1. The van der Waals surface area contributed by atoms with E-state index in [-0.39, 0.29) is 18.1 Å². The maximum Gasteiger partial charge on any atom is 0.225 e. The van der Waals surface area contributed by atoms with E-state index in [2.05, 4.69) is 5.10 Å². The molecule has 0 bridgehead atoms. The average Bonchev–Trinajstić information content (AvgIpc) is 3.13. The Morgan fingerprint density at radius 1 is 1.43 bits per heavy atom. The molecule has 0 radical (unpaired) electrons. The highest BCUT2D eigenvalue weighted by Crippen LogP contribution is 2.38. The molecule has 116 valence electrons. The lowest BCUT2D eigenvalue weighted by Gasteiger charge is -2.26. The lowest BCUT2D eigenvalue weighted by molar-refractivity contribution is -0.134. The predicted octanol–water partition coefficient (Wildman–Crippen LogP) is 2.61. The molecule has 5 nitrogen and oxygen atoms in total. The lowest BCUT2D eigenvalue weighted by atomic mass is 10.0. The third-order valence-electron chi connectivity index (χ3n) is 4.53. The van der Waals surface area contributed by atoms with Crippen LogP contribution in [0.25, 0.3) is 0 Å². The number of aromatic nitrogens is 2. The largest absolute Gasteiger partial charge is 0.378 e. The number of hydrogen-bond donors (Lipinski definition) is 0. The molecule has 6 heteroatoms. The van der Waals surface area contributed by atoms with Crippen molar-refractivity contribution in [3.05, 3.63) is 16.4 Å². The molecule has 1 amide bonds. The van der Waals surface area contributed by atoms with Crippen molar-refractivity contribution < 1.29 is 9.53 Å². The summed E-state index contributed by atoms with van der Waals surface area (Å²) >= 11 is 6.37. The van der Waals surface area contributed by atoms with Crippen LogP contribution in [0, 0.1) is 6.92 Å². The van der Waals surface area contributed by atoms with Gasteiger partial charge in [-0.05, 0) is 32.6 Å². The molecule has 2 atom stereocenters. The molecule has 2 fully saturated rings. The van der Waals surface area contributed by atoms with Crippen LogP contribution in [0.2, 0.25) is 5.15 Å². The van der Waals surface area contributed by atoms with Crippen LogP contribution in [0.5, 0.6) is 0 Å². The highest BCUT2D eigenvalue weighted by molar-refractivity contribution is 6.30. The minimum absolute atomic E-state index is 0.0695. The maximum atomic E-state index is 12.6. The summed E-state index contributed by atoms with van der Waals surface area (Å²) in [4.78, 5) is 14.6. The third-order valence-corrected chi connectivity index (χ3v) is 4.98. The van der Waals surface area contributed by atoms with Crippen LogP contribution in [0.3, 0.4) is 0 Å². The van der Waals surface area contributed by atoms with Crippen LogP contribution in [-0.2, 0) is 16.6 Å². The van der Waals surface area contributed by atoms with Gasteiger partial charge in [0.2, 0.25) is 5.91 Å². The number of ether oxygens (including phenoxy) is 1. The standard InChI is InChI=1S/C15H22ClN3O2/c1-10-14(15(16)18(2)17-10)12-6-3-7-19(12)13(20)9-11-5-4-8-21-11/h11-12H,3-9H2,1-2H3/t11-,12+/m0/s1. The fourth-order valence-electron chi connectivity index (χ4n) is 3.51. The summed E-state index contributed by atoms with van der Waals surface area (Å²) in [6.07, 6.45) is 4.64. The second kappa shape index (κ2) is 5.97. The Morgan fingerprint density at radius 2 is 2.24 bits per heavy atom. The second-order valence-corrected chi connectivity index (χ2v) is 6.36. The molecule has 2 aliphatic rings. The van der Waals surface area contributed by atoms with Gasteiger partial charge in [-0.1, -0.05) is 11.6 Å². The van der Waals surface area contributed by atoms with Gasteiger partial charge in [0, 0.05) is 25.8 Å². The summed E-state index contributed by atoms with van der Waals surface area (Å²) in [5, 5.41) is 5.02. The monoisotopic (exact) mass is 311 g/mol. The molecule has 2 saturated heterocycles. The molecule has 0 unspecified atom stereocenters. The molecule has 0 N–H and O–H groups in total. The van der Waals surface area contributed by atoms with E-state index in [9.17, 15) is 4.79 Å². The zero-order valence-electron chi connectivity index (χ0n) is 12.6. The van der Waals surface area contributed by atoms with Gasteiger partial charge in [0.15, 0.2) is 0 Å². The first-order chi connectivity index (χ1) is 10.1. The Kier molecular flexibility index (Phi) is 4.22. The topological polar surface area (TPSA) is 47.4 Å². The zero-order valence-corrected chi connectivity index (χ0v) is 13.4. The van der Waals surface area contributed by atoms with E-state index >= 15 is 0 Å². The maximum absolute atomic E-state index is 12.6. The van der Waals surface area contributed by atoms with Crippen LogP contribution in [0.15, 0.2) is 0 Å². The summed E-state index contributed by atoms with van der Waals surface area (Å²) in [5.41, 5.74) is 1.93. The van der Waals surface area contributed by atoms with Gasteiger partial charge >= 0.3 is 0 Å². The van der Waals surface area contributed by atoms with E-state index in [0.717, 1.165) is 50.1 Å².